The van der Waals surface area contributed by atoms with Crippen LogP contribution in [0.2, 0.25) is 0 Å². The number of carbonyl (C=O) groups is 1. The number of hydrogen-bond acceptors (Lipinski definition) is 3. The van der Waals surface area contributed by atoms with Crippen LogP contribution in [-0.2, 0) is 17.8 Å². The smallest absolute Gasteiger partial charge is 0.242 e. The van der Waals surface area contributed by atoms with Gasteiger partial charge in [-0.1, -0.05) is 31.4 Å². The van der Waals surface area contributed by atoms with Gasteiger partial charge in [0.2, 0.25) is 5.91 Å². The molecule has 2 aromatic rings. The van der Waals surface area contributed by atoms with E-state index < -0.39 is 0 Å². The summed E-state index contributed by atoms with van der Waals surface area (Å²) in [6, 6.07) is 8.20. The fourth-order valence-corrected chi connectivity index (χ4v) is 3.51. The minimum absolute atomic E-state index is 0.0377. The van der Waals surface area contributed by atoms with E-state index in [1.165, 1.54) is 19.3 Å². The molecule has 0 atom stereocenters. The molecule has 1 amide bonds. The Kier molecular flexibility index (Phi) is 4.96. The molecule has 23 heavy (non-hydrogen) atoms. The summed E-state index contributed by atoms with van der Waals surface area (Å²) < 4.78 is 1.95. The van der Waals surface area contributed by atoms with Crippen LogP contribution in [0.15, 0.2) is 24.3 Å². The van der Waals surface area contributed by atoms with Crippen LogP contribution >= 0.6 is 0 Å². The highest BCUT2D eigenvalue weighted by Crippen LogP contribution is 2.22. The number of fused-ring (bicyclic) bond motifs is 1. The van der Waals surface area contributed by atoms with Crippen molar-refractivity contribution in [1.29, 1.82) is 0 Å². The number of para-hydroxylation sites is 2. The predicted octanol–water partition coefficient (Wildman–Crippen LogP) is 2.36. The minimum Gasteiger partial charge on any atom is -0.396 e. The van der Waals surface area contributed by atoms with Gasteiger partial charge in [-0.3, -0.25) is 4.79 Å². The van der Waals surface area contributed by atoms with Gasteiger partial charge in [-0.25, -0.2) is 4.98 Å². The first kappa shape index (κ1) is 16.0. The molecule has 1 aliphatic rings. The van der Waals surface area contributed by atoms with Crippen LogP contribution < -0.4 is 0 Å². The standard InChI is InChI=1S/C18H25N3O2/c1-20(14-7-3-2-4-8-14)18(23)13-21-16-10-6-5-9-15(16)19-17(21)11-12-22/h5-6,9-10,14,22H,2-4,7-8,11-13H2,1H3. The van der Waals surface area contributed by atoms with Crippen molar-refractivity contribution in [2.24, 2.45) is 0 Å². The Hall–Kier alpha value is -1.88. The van der Waals surface area contributed by atoms with Crippen LogP contribution in [0.3, 0.4) is 0 Å². The van der Waals surface area contributed by atoms with E-state index >= 15 is 0 Å². The summed E-state index contributed by atoms with van der Waals surface area (Å²) in [6.45, 7) is 0.332. The number of likely N-dealkylation sites (N-methyl/N-ethyl adjacent to an activating group) is 1. The lowest BCUT2D eigenvalue weighted by Crippen LogP contribution is -2.40. The Labute approximate surface area is 136 Å². The first-order valence-corrected chi connectivity index (χ1v) is 8.51. The van der Waals surface area contributed by atoms with Crippen LogP contribution in [0, 0.1) is 0 Å². The third-order valence-corrected chi connectivity index (χ3v) is 4.88. The largest absolute Gasteiger partial charge is 0.396 e. The molecule has 0 bridgehead atoms. The number of imidazole rings is 1. The molecule has 1 saturated carbocycles. The van der Waals surface area contributed by atoms with E-state index in [-0.39, 0.29) is 12.5 Å². The summed E-state index contributed by atoms with van der Waals surface area (Å²) >= 11 is 0. The van der Waals surface area contributed by atoms with Gasteiger partial charge in [0, 0.05) is 19.5 Å². The van der Waals surface area contributed by atoms with Gasteiger partial charge < -0.3 is 14.6 Å². The van der Waals surface area contributed by atoms with E-state index in [2.05, 4.69) is 4.98 Å². The molecule has 0 spiro atoms. The second-order valence-electron chi connectivity index (χ2n) is 6.37. The van der Waals surface area contributed by atoms with Crippen molar-refractivity contribution in [3.63, 3.8) is 0 Å². The van der Waals surface area contributed by atoms with Crippen LogP contribution in [0.5, 0.6) is 0 Å². The quantitative estimate of drug-likeness (QED) is 0.921. The molecule has 0 saturated heterocycles. The molecular formula is C18H25N3O2. The first-order chi connectivity index (χ1) is 11.2. The number of amides is 1. The number of hydrogen-bond donors (Lipinski definition) is 1. The van der Waals surface area contributed by atoms with Gasteiger partial charge in [-0.15, -0.1) is 0 Å². The summed E-state index contributed by atoms with van der Waals surface area (Å²) in [5.41, 5.74) is 1.84. The molecule has 0 aliphatic heterocycles. The van der Waals surface area contributed by atoms with Gasteiger partial charge in [-0.2, -0.15) is 0 Å². The van der Waals surface area contributed by atoms with Crippen molar-refractivity contribution in [2.45, 2.75) is 51.1 Å². The summed E-state index contributed by atoms with van der Waals surface area (Å²) in [5.74, 6) is 0.901. The summed E-state index contributed by atoms with van der Waals surface area (Å²) in [6.07, 6.45) is 6.39. The van der Waals surface area contributed by atoms with Crippen molar-refractivity contribution in [1.82, 2.24) is 14.5 Å². The van der Waals surface area contributed by atoms with Gasteiger partial charge in [0.05, 0.1) is 17.6 Å². The first-order valence-electron chi connectivity index (χ1n) is 8.51. The van der Waals surface area contributed by atoms with Crippen molar-refractivity contribution in [2.75, 3.05) is 13.7 Å². The molecule has 1 aromatic carbocycles. The highest BCUT2D eigenvalue weighted by atomic mass is 16.3. The maximum atomic E-state index is 12.7. The number of nitrogens with zero attached hydrogens (tertiary/aromatic N) is 3. The maximum absolute atomic E-state index is 12.7. The van der Waals surface area contributed by atoms with Crippen molar-refractivity contribution >= 4 is 16.9 Å². The number of aromatic nitrogens is 2. The Morgan fingerprint density at radius 2 is 2.04 bits per heavy atom. The molecule has 3 rings (SSSR count). The molecular weight excluding hydrogens is 290 g/mol. The summed E-state index contributed by atoms with van der Waals surface area (Å²) in [4.78, 5) is 19.2. The van der Waals surface area contributed by atoms with Crippen LogP contribution in [0.4, 0.5) is 0 Å². The zero-order valence-electron chi connectivity index (χ0n) is 13.7. The van der Waals surface area contributed by atoms with E-state index in [0.717, 1.165) is 29.7 Å². The average molecular weight is 315 g/mol. The molecule has 1 aliphatic carbocycles. The highest BCUT2D eigenvalue weighted by molar-refractivity contribution is 5.81. The van der Waals surface area contributed by atoms with E-state index in [4.69, 9.17) is 0 Å². The molecule has 0 unspecified atom stereocenters. The molecule has 124 valence electrons. The lowest BCUT2D eigenvalue weighted by atomic mass is 9.94. The van der Waals surface area contributed by atoms with E-state index in [0.29, 0.717) is 19.0 Å². The van der Waals surface area contributed by atoms with Gasteiger partial charge in [-0.05, 0) is 25.0 Å². The monoisotopic (exact) mass is 315 g/mol. The third kappa shape index (κ3) is 3.39. The Balaban J connectivity index is 1.81. The highest BCUT2D eigenvalue weighted by Gasteiger charge is 2.23. The van der Waals surface area contributed by atoms with Gasteiger partial charge in [0.25, 0.3) is 0 Å². The van der Waals surface area contributed by atoms with Crippen molar-refractivity contribution in [3.8, 4) is 0 Å². The molecule has 1 N–H and O–H groups in total. The number of rotatable bonds is 5. The van der Waals surface area contributed by atoms with E-state index in [1.807, 2.05) is 40.8 Å². The van der Waals surface area contributed by atoms with Gasteiger partial charge in [0.15, 0.2) is 0 Å². The lowest BCUT2D eigenvalue weighted by Gasteiger charge is -2.31. The SMILES string of the molecule is CN(C(=O)Cn1c(CCO)nc2ccccc21)C1CCCCC1. The molecule has 1 fully saturated rings. The number of aliphatic hydroxyl groups excluding tert-OH is 1. The normalized spacial score (nSPS) is 15.9. The fourth-order valence-electron chi connectivity index (χ4n) is 3.51. The second-order valence-corrected chi connectivity index (χ2v) is 6.37. The van der Waals surface area contributed by atoms with Crippen LogP contribution in [-0.4, -0.2) is 45.2 Å². The third-order valence-electron chi connectivity index (χ3n) is 4.88. The minimum atomic E-state index is 0.0377. The lowest BCUT2D eigenvalue weighted by molar-refractivity contribution is -0.133. The number of aliphatic hydroxyl groups is 1. The Morgan fingerprint density at radius 1 is 1.30 bits per heavy atom. The molecule has 5 heteroatoms. The van der Waals surface area contributed by atoms with Gasteiger partial charge in [0.1, 0.15) is 12.4 Å². The second kappa shape index (κ2) is 7.13. The zero-order chi connectivity index (χ0) is 16.2. The molecule has 1 heterocycles. The molecule has 5 nitrogen and oxygen atoms in total. The van der Waals surface area contributed by atoms with Gasteiger partial charge >= 0.3 is 0 Å². The fraction of sp³-hybridized carbons (Fsp3) is 0.556. The summed E-state index contributed by atoms with van der Waals surface area (Å²) in [7, 11) is 1.92. The maximum Gasteiger partial charge on any atom is 0.242 e. The van der Waals surface area contributed by atoms with Crippen molar-refractivity contribution < 1.29 is 9.90 Å². The zero-order valence-corrected chi connectivity index (χ0v) is 13.7. The number of benzene rings is 1. The summed E-state index contributed by atoms with van der Waals surface area (Å²) in [5, 5.41) is 9.27. The molecule has 1 aromatic heterocycles. The van der Waals surface area contributed by atoms with Crippen LogP contribution in [0.1, 0.15) is 37.9 Å². The van der Waals surface area contributed by atoms with E-state index in [1.54, 1.807) is 0 Å². The Bertz CT molecular complexity index is 674. The van der Waals surface area contributed by atoms with Crippen molar-refractivity contribution in [3.05, 3.63) is 30.1 Å². The number of carbonyl (C=O) groups excluding carboxylic acids is 1. The predicted molar refractivity (Wildman–Crippen MR) is 90.2 cm³/mol. The van der Waals surface area contributed by atoms with Crippen LogP contribution in [0.25, 0.3) is 11.0 Å². The average Bonchev–Trinajstić information content (AvgIpc) is 2.93. The van der Waals surface area contributed by atoms with E-state index in [9.17, 15) is 9.90 Å². The Morgan fingerprint density at radius 3 is 2.78 bits per heavy atom. The molecule has 0 radical (unpaired) electrons. The topological polar surface area (TPSA) is 58.4 Å².